The lowest BCUT2D eigenvalue weighted by Crippen LogP contribution is -2.33. The Morgan fingerprint density at radius 3 is 2.39 bits per heavy atom. The predicted molar refractivity (Wildman–Crippen MR) is 113 cm³/mol. The molecular weight excluding hydrogens is 352 g/mol. The van der Waals surface area contributed by atoms with Gasteiger partial charge in [0.25, 0.3) is 0 Å². The molecule has 0 aliphatic rings. The molecule has 0 aliphatic carbocycles. The van der Waals surface area contributed by atoms with Crippen molar-refractivity contribution in [3.05, 3.63) is 65.7 Å². The van der Waals surface area contributed by atoms with Crippen LogP contribution < -0.4 is 10.1 Å². The van der Waals surface area contributed by atoms with Crippen LogP contribution in [-0.2, 0) is 15.0 Å². The number of carbonyl (C=O) groups is 2. The Hall–Kier alpha value is -3.08. The lowest BCUT2D eigenvalue weighted by Gasteiger charge is -2.19. The summed E-state index contributed by atoms with van der Waals surface area (Å²) in [6, 6.07) is 15.2. The number of hydrogen-bond acceptors (Lipinski definition) is 3. The third-order valence-corrected chi connectivity index (χ3v) is 4.30. The molecule has 0 heterocycles. The van der Waals surface area contributed by atoms with Gasteiger partial charge in [0.1, 0.15) is 5.75 Å². The highest BCUT2D eigenvalue weighted by molar-refractivity contribution is 5.97. The van der Waals surface area contributed by atoms with Gasteiger partial charge >= 0.3 is 0 Å². The number of hydrogen-bond donors (Lipinski definition) is 1. The fourth-order valence-corrected chi connectivity index (χ4v) is 2.59. The smallest absolute Gasteiger partial charge is 0.246 e. The van der Waals surface area contributed by atoms with Gasteiger partial charge < -0.3 is 15.0 Å². The van der Waals surface area contributed by atoms with Crippen LogP contribution in [0.5, 0.6) is 5.75 Å². The Bertz CT molecular complexity index is 849. The zero-order valence-corrected chi connectivity index (χ0v) is 17.2. The minimum Gasteiger partial charge on any atom is -0.497 e. The van der Waals surface area contributed by atoms with E-state index in [9.17, 15) is 9.59 Å². The molecule has 0 aromatic heterocycles. The van der Waals surface area contributed by atoms with Gasteiger partial charge in [0.05, 0.1) is 13.7 Å². The number of ether oxygens (including phenoxy) is 1. The van der Waals surface area contributed by atoms with Crippen molar-refractivity contribution >= 4 is 23.6 Å². The van der Waals surface area contributed by atoms with Crippen molar-refractivity contribution in [3.63, 3.8) is 0 Å². The molecule has 5 nitrogen and oxygen atoms in total. The molecule has 148 valence electrons. The molecule has 0 radical (unpaired) electrons. The first-order chi connectivity index (χ1) is 13.2. The van der Waals surface area contributed by atoms with Crippen LogP contribution in [0.4, 0.5) is 5.69 Å². The van der Waals surface area contributed by atoms with Crippen LogP contribution in [0.1, 0.15) is 31.9 Å². The molecule has 0 atom stereocenters. The van der Waals surface area contributed by atoms with Crippen LogP contribution in [0.25, 0.3) is 6.08 Å². The summed E-state index contributed by atoms with van der Waals surface area (Å²) in [7, 11) is 3.19. The second kappa shape index (κ2) is 9.22. The van der Waals surface area contributed by atoms with E-state index in [0.29, 0.717) is 5.69 Å². The van der Waals surface area contributed by atoms with Gasteiger partial charge in [-0.3, -0.25) is 9.59 Å². The maximum atomic E-state index is 12.2. The van der Waals surface area contributed by atoms with E-state index in [1.165, 1.54) is 16.5 Å². The van der Waals surface area contributed by atoms with Crippen LogP contribution in [0.3, 0.4) is 0 Å². The van der Waals surface area contributed by atoms with Gasteiger partial charge in [0, 0.05) is 18.8 Å². The number of methoxy groups -OCH3 is 1. The summed E-state index contributed by atoms with van der Waals surface area (Å²) in [5.74, 6) is 0.231. The Labute approximate surface area is 167 Å². The summed E-state index contributed by atoms with van der Waals surface area (Å²) in [6.07, 6.45) is 3.14. The second-order valence-corrected chi connectivity index (χ2v) is 7.68. The second-order valence-electron chi connectivity index (χ2n) is 7.68. The highest BCUT2D eigenvalue weighted by Crippen LogP contribution is 2.23. The van der Waals surface area contributed by atoms with Crippen molar-refractivity contribution in [1.29, 1.82) is 0 Å². The fraction of sp³-hybridized carbons (Fsp3) is 0.304. The molecule has 0 bridgehead atoms. The average molecular weight is 380 g/mol. The first-order valence-electron chi connectivity index (χ1n) is 9.16. The molecule has 0 saturated heterocycles. The van der Waals surface area contributed by atoms with Crippen molar-refractivity contribution in [3.8, 4) is 5.75 Å². The average Bonchev–Trinajstić information content (AvgIpc) is 2.65. The molecule has 0 spiro atoms. The monoisotopic (exact) mass is 380 g/mol. The SMILES string of the molecule is COc1cccc(/C=C/C(=O)N(C)CC(=O)Nc2ccc(C(C)(C)C)cc2)c1. The highest BCUT2D eigenvalue weighted by Gasteiger charge is 2.14. The third kappa shape index (κ3) is 6.27. The lowest BCUT2D eigenvalue weighted by atomic mass is 9.87. The van der Waals surface area contributed by atoms with Crippen molar-refractivity contribution < 1.29 is 14.3 Å². The fourth-order valence-electron chi connectivity index (χ4n) is 2.59. The van der Waals surface area contributed by atoms with Gasteiger partial charge in [-0.1, -0.05) is 45.0 Å². The zero-order valence-electron chi connectivity index (χ0n) is 17.2. The molecule has 28 heavy (non-hydrogen) atoms. The number of likely N-dealkylation sites (N-methyl/N-ethyl adjacent to an activating group) is 1. The molecule has 2 rings (SSSR count). The molecule has 5 heteroatoms. The van der Waals surface area contributed by atoms with Crippen molar-refractivity contribution in [2.75, 3.05) is 26.0 Å². The van der Waals surface area contributed by atoms with E-state index >= 15 is 0 Å². The summed E-state index contributed by atoms with van der Waals surface area (Å²) < 4.78 is 5.16. The van der Waals surface area contributed by atoms with Crippen molar-refractivity contribution in [2.45, 2.75) is 26.2 Å². The van der Waals surface area contributed by atoms with E-state index in [2.05, 4.69) is 26.1 Å². The summed E-state index contributed by atoms with van der Waals surface area (Å²) in [4.78, 5) is 25.8. The van der Waals surface area contributed by atoms with Gasteiger partial charge in [-0.25, -0.2) is 0 Å². The topological polar surface area (TPSA) is 58.6 Å². The van der Waals surface area contributed by atoms with Gasteiger partial charge in [0.15, 0.2) is 0 Å². The van der Waals surface area contributed by atoms with Crippen LogP contribution in [0.15, 0.2) is 54.6 Å². The van der Waals surface area contributed by atoms with E-state index in [-0.39, 0.29) is 23.8 Å². The molecule has 1 N–H and O–H groups in total. The van der Waals surface area contributed by atoms with Gasteiger partial charge in [-0.05, 0) is 46.9 Å². The molecule has 2 amide bonds. The highest BCUT2D eigenvalue weighted by atomic mass is 16.5. The summed E-state index contributed by atoms with van der Waals surface area (Å²) >= 11 is 0. The van der Waals surface area contributed by atoms with Gasteiger partial charge in [-0.2, -0.15) is 0 Å². The van der Waals surface area contributed by atoms with Crippen molar-refractivity contribution in [1.82, 2.24) is 4.90 Å². The van der Waals surface area contributed by atoms with E-state index < -0.39 is 0 Å². The predicted octanol–water partition coefficient (Wildman–Crippen LogP) is 4.10. The molecule has 0 saturated carbocycles. The molecule has 2 aromatic carbocycles. The van der Waals surface area contributed by atoms with Gasteiger partial charge in [-0.15, -0.1) is 0 Å². The van der Waals surface area contributed by atoms with E-state index in [4.69, 9.17) is 4.74 Å². The number of carbonyl (C=O) groups excluding carboxylic acids is 2. The molecule has 0 fully saturated rings. The standard InChI is InChI=1S/C23H28N2O3/c1-23(2,3)18-10-12-19(13-11-18)24-21(26)16-25(4)22(27)14-9-17-7-6-8-20(15-17)28-5/h6-15H,16H2,1-5H3,(H,24,26)/b14-9+. The summed E-state index contributed by atoms with van der Waals surface area (Å²) in [6.45, 7) is 6.39. The Kier molecular flexibility index (Phi) is 6.99. The van der Waals surface area contributed by atoms with E-state index in [1.807, 2.05) is 48.5 Å². The minimum atomic E-state index is -0.249. The molecule has 0 unspecified atom stereocenters. The van der Waals surface area contributed by atoms with Crippen molar-refractivity contribution in [2.24, 2.45) is 0 Å². The number of nitrogens with one attached hydrogen (secondary N) is 1. The number of rotatable bonds is 6. The largest absolute Gasteiger partial charge is 0.497 e. The van der Waals surface area contributed by atoms with E-state index in [0.717, 1.165) is 11.3 Å². The van der Waals surface area contributed by atoms with Crippen LogP contribution in [0, 0.1) is 0 Å². The number of anilines is 1. The normalized spacial score (nSPS) is 11.3. The summed E-state index contributed by atoms with van der Waals surface area (Å²) in [5, 5.41) is 2.82. The number of amides is 2. The van der Waals surface area contributed by atoms with Crippen LogP contribution in [0.2, 0.25) is 0 Å². The summed E-state index contributed by atoms with van der Waals surface area (Å²) in [5.41, 5.74) is 2.82. The molecular formula is C23H28N2O3. The maximum absolute atomic E-state index is 12.2. The van der Waals surface area contributed by atoms with Gasteiger partial charge in [0.2, 0.25) is 11.8 Å². The van der Waals surface area contributed by atoms with Crippen LogP contribution in [-0.4, -0.2) is 37.4 Å². The molecule has 2 aromatic rings. The Morgan fingerprint density at radius 2 is 1.79 bits per heavy atom. The number of benzene rings is 2. The quantitative estimate of drug-likeness (QED) is 0.768. The van der Waals surface area contributed by atoms with Crippen LogP contribution >= 0.6 is 0 Å². The first kappa shape index (κ1) is 21.2. The third-order valence-electron chi connectivity index (χ3n) is 4.30. The zero-order chi connectivity index (χ0) is 20.7. The van der Waals surface area contributed by atoms with E-state index in [1.54, 1.807) is 20.2 Å². The number of nitrogens with zero attached hydrogens (tertiary/aromatic N) is 1. The Balaban J connectivity index is 1.90. The minimum absolute atomic E-state index is 0.0255. The Morgan fingerprint density at radius 1 is 1.11 bits per heavy atom. The molecule has 0 aliphatic heterocycles. The first-order valence-corrected chi connectivity index (χ1v) is 9.16. The maximum Gasteiger partial charge on any atom is 0.246 e. The lowest BCUT2D eigenvalue weighted by molar-refractivity contribution is -0.129.